The number of guanidine groups is 1. The molecule has 6 nitrogen and oxygen atoms in total. The fraction of sp³-hybridized carbons (Fsp3) is 0.529. The van der Waals surface area contributed by atoms with Gasteiger partial charge in [0.15, 0.2) is 5.96 Å². The third-order valence-corrected chi connectivity index (χ3v) is 4.35. The molecule has 1 aromatic carbocycles. The number of aliphatic hydroxyl groups is 1. The molecule has 1 aromatic rings. The topological polar surface area (TPSA) is 77.0 Å². The van der Waals surface area contributed by atoms with Crippen molar-refractivity contribution in [1.82, 2.24) is 10.2 Å². The molecule has 0 aliphatic carbocycles. The van der Waals surface area contributed by atoms with Crippen molar-refractivity contribution in [2.75, 3.05) is 31.5 Å². The van der Waals surface area contributed by atoms with Gasteiger partial charge in [-0.1, -0.05) is 15.9 Å². The summed E-state index contributed by atoms with van der Waals surface area (Å²) in [6.45, 7) is 6.52. The lowest BCUT2D eigenvalue weighted by Gasteiger charge is -2.20. The molecule has 0 aromatic heterocycles. The minimum absolute atomic E-state index is 0.0542. The number of aliphatic imine (C=N–C) groups is 1. The van der Waals surface area contributed by atoms with Gasteiger partial charge in [0, 0.05) is 36.2 Å². The van der Waals surface area contributed by atoms with Crippen molar-refractivity contribution in [1.29, 1.82) is 0 Å². The zero-order valence-corrected chi connectivity index (χ0v) is 15.8. The number of aryl methyl sites for hydroxylation is 1. The Kier molecular flexibility index (Phi) is 7.05. The largest absolute Gasteiger partial charge is 0.391 e. The van der Waals surface area contributed by atoms with Gasteiger partial charge < -0.3 is 20.6 Å². The van der Waals surface area contributed by atoms with Crippen molar-refractivity contribution in [3.63, 3.8) is 0 Å². The van der Waals surface area contributed by atoms with Crippen LogP contribution in [-0.4, -0.2) is 54.2 Å². The Morgan fingerprint density at radius 1 is 1.50 bits per heavy atom. The molecule has 0 spiro atoms. The summed E-state index contributed by atoms with van der Waals surface area (Å²) in [5, 5.41) is 15.8. The van der Waals surface area contributed by atoms with E-state index in [0.717, 1.165) is 41.2 Å². The highest BCUT2D eigenvalue weighted by atomic mass is 79.9. The van der Waals surface area contributed by atoms with Gasteiger partial charge in [-0.2, -0.15) is 0 Å². The highest BCUT2D eigenvalue weighted by Crippen LogP contribution is 2.20. The summed E-state index contributed by atoms with van der Waals surface area (Å²) in [6, 6.07) is 5.76. The standard InChI is InChI=1S/C17H25BrN4O2/c1-3-19-17(22-9-7-14(23)11-22)20-8-6-16(24)21-15-5-4-13(18)10-12(15)2/h4-5,10,14,23H,3,6-9,11H2,1-2H3,(H,19,20)(H,21,24)/t14-/m1/s1. The molecular formula is C17H25BrN4O2. The Bertz CT molecular complexity index is 606. The van der Waals surface area contributed by atoms with E-state index in [9.17, 15) is 9.90 Å². The maximum atomic E-state index is 12.1. The Morgan fingerprint density at radius 3 is 2.92 bits per heavy atom. The highest BCUT2D eigenvalue weighted by molar-refractivity contribution is 9.10. The van der Waals surface area contributed by atoms with E-state index in [2.05, 4.69) is 31.6 Å². The second-order valence-electron chi connectivity index (χ2n) is 5.88. The average molecular weight is 397 g/mol. The van der Waals surface area contributed by atoms with Gasteiger partial charge in [-0.15, -0.1) is 0 Å². The normalized spacial score (nSPS) is 17.9. The van der Waals surface area contributed by atoms with Crippen molar-refractivity contribution in [2.24, 2.45) is 4.99 Å². The van der Waals surface area contributed by atoms with Gasteiger partial charge in [0.2, 0.25) is 5.91 Å². The summed E-state index contributed by atoms with van der Waals surface area (Å²) in [4.78, 5) is 18.6. The van der Waals surface area contributed by atoms with Crippen molar-refractivity contribution in [2.45, 2.75) is 32.8 Å². The second-order valence-corrected chi connectivity index (χ2v) is 6.80. The summed E-state index contributed by atoms with van der Waals surface area (Å²) in [5.41, 5.74) is 1.84. The van der Waals surface area contributed by atoms with Crippen LogP contribution in [-0.2, 0) is 4.79 Å². The van der Waals surface area contributed by atoms with Crippen LogP contribution in [0.3, 0.4) is 0 Å². The van der Waals surface area contributed by atoms with E-state index in [1.54, 1.807) is 0 Å². The quantitative estimate of drug-likeness (QED) is 0.526. The molecule has 1 heterocycles. The van der Waals surface area contributed by atoms with Crippen LogP contribution in [0.25, 0.3) is 0 Å². The van der Waals surface area contributed by atoms with Crippen molar-refractivity contribution in [3.05, 3.63) is 28.2 Å². The molecule has 1 saturated heterocycles. The summed E-state index contributed by atoms with van der Waals surface area (Å²) in [5.74, 6) is 0.711. The third-order valence-electron chi connectivity index (χ3n) is 3.86. The summed E-state index contributed by atoms with van der Waals surface area (Å²) < 4.78 is 0.991. The zero-order valence-electron chi connectivity index (χ0n) is 14.2. The van der Waals surface area contributed by atoms with Crippen LogP contribution < -0.4 is 10.6 Å². The third kappa shape index (κ3) is 5.49. The molecule has 3 N–H and O–H groups in total. The Labute approximate surface area is 151 Å². The number of rotatable bonds is 5. The molecule has 24 heavy (non-hydrogen) atoms. The van der Waals surface area contributed by atoms with Gasteiger partial charge in [-0.05, 0) is 44.0 Å². The smallest absolute Gasteiger partial charge is 0.226 e. The fourth-order valence-corrected chi connectivity index (χ4v) is 3.08. The predicted molar refractivity (Wildman–Crippen MR) is 100 cm³/mol. The summed E-state index contributed by atoms with van der Waals surface area (Å²) >= 11 is 3.41. The van der Waals surface area contributed by atoms with Crippen LogP contribution in [0.2, 0.25) is 0 Å². The Balaban J connectivity index is 1.87. The van der Waals surface area contributed by atoms with E-state index in [0.29, 0.717) is 19.5 Å². The van der Waals surface area contributed by atoms with Crippen molar-refractivity contribution < 1.29 is 9.90 Å². The van der Waals surface area contributed by atoms with Gasteiger partial charge in [-0.25, -0.2) is 0 Å². The molecule has 1 atom stereocenters. The number of benzene rings is 1. The average Bonchev–Trinajstić information content (AvgIpc) is 2.96. The van der Waals surface area contributed by atoms with Gasteiger partial charge in [0.1, 0.15) is 0 Å². The molecule has 7 heteroatoms. The fourth-order valence-electron chi connectivity index (χ4n) is 2.60. The lowest BCUT2D eigenvalue weighted by Crippen LogP contribution is -2.40. The minimum atomic E-state index is -0.294. The van der Waals surface area contributed by atoms with E-state index in [1.165, 1.54) is 0 Å². The molecular weight excluding hydrogens is 372 g/mol. The molecule has 0 unspecified atom stereocenters. The number of aliphatic hydroxyl groups excluding tert-OH is 1. The number of likely N-dealkylation sites (tertiary alicyclic amines) is 1. The number of anilines is 1. The molecule has 1 aliphatic rings. The molecule has 0 bridgehead atoms. The molecule has 0 saturated carbocycles. The van der Waals surface area contributed by atoms with Crippen LogP contribution in [0.4, 0.5) is 5.69 Å². The number of hydrogen-bond donors (Lipinski definition) is 3. The second kappa shape index (κ2) is 9.03. The van der Waals surface area contributed by atoms with Crippen LogP contribution in [0.1, 0.15) is 25.3 Å². The van der Waals surface area contributed by atoms with Gasteiger partial charge >= 0.3 is 0 Å². The van der Waals surface area contributed by atoms with Crippen LogP contribution >= 0.6 is 15.9 Å². The maximum Gasteiger partial charge on any atom is 0.226 e. The number of β-amino-alcohol motifs (C(OH)–C–C–N with tert-alkyl or cyclic N) is 1. The van der Waals surface area contributed by atoms with Crippen molar-refractivity contribution >= 4 is 33.5 Å². The van der Waals surface area contributed by atoms with Gasteiger partial charge in [0.25, 0.3) is 0 Å². The van der Waals surface area contributed by atoms with Gasteiger partial charge in [-0.3, -0.25) is 9.79 Å². The number of nitrogens with zero attached hydrogens (tertiary/aromatic N) is 2. The van der Waals surface area contributed by atoms with E-state index in [-0.39, 0.29) is 12.0 Å². The molecule has 1 fully saturated rings. The van der Waals surface area contributed by atoms with Crippen LogP contribution in [0.15, 0.2) is 27.7 Å². The lowest BCUT2D eigenvalue weighted by atomic mass is 10.2. The summed E-state index contributed by atoms with van der Waals surface area (Å²) in [7, 11) is 0. The first-order valence-electron chi connectivity index (χ1n) is 8.27. The summed E-state index contributed by atoms with van der Waals surface area (Å²) in [6.07, 6.45) is 0.784. The zero-order chi connectivity index (χ0) is 17.5. The molecule has 0 radical (unpaired) electrons. The Hall–Kier alpha value is -1.60. The number of carbonyl (C=O) groups excluding carboxylic acids is 1. The first kappa shape index (κ1) is 18.7. The van der Waals surface area contributed by atoms with E-state index in [4.69, 9.17) is 0 Å². The molecule has 2 rings (SSSR count). The van der Waals surface area contributed by atoms with Crippen LogP contribution in [0.5, 0.6) is 0 Å². The minimum Gasteiger partial charge on any atom is -0.391 e. The first-order valence-corrected chi connectivity index (χ1v) is 9.06. The number of hydrogen-bond acceptors (Lipinski definition) is 3. The molecule has 1 aliphatic heterocycles. The lowest BCUT2D eigenvalue weighted by molar-refractivity contribution is -0.116. The number of carbonyl (C=O) groups is 1. The predicted octanol–water partition coefficient (Wildman–Crippen LogP) is 2.12. The highest BCUT2D eigenvalue weighted by Gasteiger charge is 2.22. The van der Waals surface area contributed by atoms with E-state index < -0.39 is 0 Å². The number of amides is 1. The monoisotopic (exact) mass is 396 g/mol. The first-order chi connectivity index (χ1) is 11.5. The van der Waals surface area contributed by atoms with E-state index in [1.807, 2.05) is 36.9 Å². The maximum absolute atomic E-state index is 12.1. The van der Waals surface area contributed by atoms with E-state index >= 15 is 0 Å². The SMILES string of the molecule is CCNC(=NCCC(=O)Nc1ccc(Br)cc1C)N1CC[C@@H](O)C1. The van der Waals surface area contributed by atoms with Gasteiger partial charge in [0.05, 0.1) is 12.6 Å². The number of nitrogens with one attached hydrogen (secondary N) is 2. The number of halogens is 1. The molecule has 1 amide bonds. The Morgan fingerprint density at radius 2 is 2.29 bits per heavy atom. The molecule has 132 valence electrons. The van der Waals surface area contributed by atoms with Crippen LogP contribution in [0, 0.1) is 6.92 Å². The van der Waals surface area contributed by atoms with Crippen molar-refractivity contribution in [3.8, 4) is 0 Å².